The minimum atomic E-state index is -0.373. The Labute approximate surface area is 341 Å². The highest BCUT2D eigenvalue weighted by Gasteiger charge is 2.25. The van der Waals surface area contributed by atoms with Crippen LogP contribution in [0, 0.1) is 0 Å². The molecule has 0 saturated carbocycles. The first-order valence-electron chi connectivity index (χ1n) is 22.0. The quantitative estimate of drug-likeness (QED) is 0.165. The smallest absolute Gasteiger partial charge is 0.166 e. The van der Waals surface area contributed by atoms with Gasteiger partial charge in [0, 0.05) is 49.4 Å². The van der Waals surface area contributed by atoms with Crippen LogP contribution in [0.25, 0.3) is 116 Å². The predicted octanol–water partition coefficient (Wildman–Crippen LogP) is 13.8. The second-order valence-electron chi connectivity index (χ2n) is 14.3. The number of para-hydroxylation sites is 5. The van der Waals surface area contributed by atoms with Gasteiger partial charge in [-0.05, 0) is 51.9 Å². The molecular formula is C53H32N4O. The van der Waals surface area contributed by atoms with Gasteiger partial charge >= 0.3 is 0 Å². The molecular weight excluding hydrogens is 709 g/mol. The highest BCUT2D eigenvalue weighted by atomic mass is 16.3. The molecule has 5 heteroatoms. The van der Waals surface area contributed by atoms with Gasteiger partial charge in [-0.15, -0.1) is 0 Å². The van der Waals surface area contributed by atoms with E-state index in [9.17, 15) is 2.74 Å². The van der Waals surface area contributed by atoms with Gasteiger partial charge in [0.2, 0.25) is 0 Å². The first kappa shape index (κ1) is 26.8. The van der Waals surface area contributed by atoms with Crippen LogP contribution >= 0.6 is 0 Å². The largest absolute Gasteiger partial charge is 0.455 e. The van der Waals surface area contributed by atoms with Gasteiger partial charge in [-0.1, -0.05) is 164 Å². The van der Waals surface area contributed by atoms with Gasteiger partial charge in [-0.25, -0.2) is 15.0 Å². The van der Waals surface area contributed by atoms with Crippen LogP contribution in [0.15, 0.2) is 198 Å². The number of aromatic nitrogens is 4. The first-order chi connectivity index (χ1) is 31.3. The normalized spacial score (nSPS) is 13.2. The van der Waals surface area contributed by atoms with Gasteiger partial charge in [-0.2, -0.15) is 0 Å². The maximum atomic E-state index is 9.59. The summed E-state index contributed by atoms with van der Waals surface area (Å²) < 4.78 is 62.6. The number of hydrogen-bond acceptors (Lipinski definition) is 4. The molecule has 0 radical (unpaired) electrons. The Balaban J connectivity index is 1.25. The van der Waals surface area contributed by atoms with Crippen molar-refractivity contribution < 1.29 is 12.6 Å². The molecule has 0 N–H and O–H groups in total. The number of nitrogens with zero attached hydrogens (tertiary/aromatic N) is 4. The van der Waals surface area contributed by atoms with Crippen molar-refractivity contribution in [2.45, 2.75) is 0 Å². The van der Waals surface area contributed by atoms with Gasteiger partial charge in [0.25, 0.3) is 0 Å². The van der Waals surface area contributed by atoms with Crippen molar-refractivity contribution in [1.29, 1.82) is 0 Å². The van der Waals surface area contributed by atoms with Crippen molar-refractivity contribution in [2.24, 2.45) is 0 Å². The maximum Gasteiger partial charge on any atom is 0.166 e. The van der Waals surface area contributed by atoms with E-state index in [-0.39, 0.29) is 63.8 Å². The number of benzene rings is 9. The summed E-state index contributed by atoms with van der Waals surface area (Å²) in [6.45, 7) is 0. The minimum Gasteiger partial charge on any atom is -0.455 e. The van der Waals surface area contributed by atoms with Crippen LogP contribution < -0.4 is 0 Å². The summed E-state index contributed by atoms with van der Waals surface area (Å²) in [5, 5.41) is 6.39. The Hall–Kier alpha value is -7.89. The molecule has 58 heavy (non-hydrogen) atoms. The molecule has 0 atom stereocenters. The van der Waals surface area contributed by atoms with Crippen LogP contribution in [-0.2, 0) is 0 Å². The zero-order chi connectivity index (χ0) is 43.4. The summed E-state index contributed by atoms with van der Waals surface area (Å²) in [5.74, 6) is 1.28. The zero-order valence-electron chi connectivity index (χ0n) is 36.7. The van der Waals surface area contributed by atoms with E-state index in [2.05, 4.69) is 47.0 Å². The average Bonchev–Trinajstić information content (AvgIpc) is 3.90. The van der Waals surface area contributed by atoms with Crippen LogP contribution in [0.2, 0.25) is 0 Å². The standard InChI is InChI=1S/C53H32N4O/c1-2-16-33(17-3-1)51-54-52(56-53(55-51)45-32-34-18-4-5-19-35(34)36-20-6-7-21-37(36)45)44-28-14-25-41(43-27-15-26-42-40-24-10-13-31-48(40)58-50(42)43)49(44)57-46-29-11-8-22-38(46)39-23-9-12-30-47(39)57/h1-32H/i10D,15D,24D,26D,27D,31D. The molecule has 5 nitrogen and oxygen atoms in total. The third-order valence-corrected chi connectivity index (χ3v) is 11.0. The summed E-state index contributed by atoms with van der Waals surface area (Å²) in [6.07, 6.45) is 0. The molecule has 12 aromatic rings. The highest BCUT2D eigenvalue weighted by molar-refractivity contribution is 6.15. The fraction of sp³-hybridized carbons (Fsp3) is 0. The summed E-state index contributed by atoms with van der Waals surface area (Å²) in [4.78, 5) is 15.8. The first-order valence-corrected chi connectivity index (χ1v) is 19.0. The molecule has 0 aliphatic carbocycles. The molecule has 3 heterocycles. The molecule has 0 aliphatic rings. The Bertz CT molecular complexity index is 3880. The van der Waals surface area contributed by atoms with Crippen molar-refractivity contribution in [3.63, 3.8) is 0 Å². The van der Waals surface area contributed by atoms with Gasteiger partial charge in [-0.3, -0.25) is 0 Å². The monoisotopic (exact) mass is 746 g/mol. The van der Waals surface area contributed by atoms with Crippen LogP contribution in [0.5, 0.6) is 0 Å². The molecule has 0 spiro atoms. The minimum absolute atomic E-state index is 0.0162. The molecule has 12 rings (SSSR count). The summed E-state index contributed by atoms with van der Waals surface area (Å²) >= 11 is 0. The molecule has 0 unspecified atom stereocenters. The molecule has 0 saturated heterocycles. The van der Waals surface area contributed by atoms with E-state index < -0.39 is 0 Å². The predicted molar refractivity (Wildman–Crippen MR) is 238 cm³/mol. The highest BCUT2D eigenvalue weighted by Crippen LogP contribution is 2.44. The van der Waals surface area contributed by atoms with Crippen molar-refractivity contribution in [3.05, 3.63) is 194 Å². The van der Waals surface area contributed by atoms with E-state index in [1.165, 1.54) is 6.07 Å². The fourth-order valence-corrected chi connectivity index (χ4v) is 8.46. The molecule has 3 aromatic heterocycles. The Kier molecular flexibility index (Phi) is 5.94. The second-order valence-corrected chi connectivity index (χ2v) is 14.3. The van der Waals surface area contributed by atoms with Crippen molar-refractivity contribution in [2.75, 3.05) is 0 Å². The zero-order valence-corrected chi connectivity index (χ0v) is 30.7. The van der Waals surface area contributed by atoms with E-state index in [0.717, 1.165) is 54.5 Å². The summed E-state index contributed by atoms with van der Waals surface area (Å²) in [7, 11) is 0. The number of hydrogen-bond donors (Lipinski definition) is 0. The second kappa shape index (κ2) is 12.8. The molecule has 0 amide bonds. The van der Waals surface area contributed by atoms with Crippen molar-refractivity contribution in [1.82, 2.24) is 19.5 Å². The Morgan fingerprint density at radius 3 is 1.83 bits per heavy atom. The Morgan fingerprint density at radius 1 is 0.414 bits per heavy atom. The number of fused-ring (bicyclic) bond motifs is 9. The third kappa shape index (κ3) is 4.93. The van der Waals surface area contributed by atoms with E-state index in [1.54, 1.807) is 0 Å². The SMILES string of the molecule is [2H]c1cc([2H])c2oc3c(-c4cccc(-c5nc(-c6ccccc6)nc(-c6cc7ccccc7c7ccccc67)n5)c4-n4c5ccccc5c5ccccc54)c([2H])c([2H])c([2H])c3c2c1[2H]. The molecule has 0 bridgehead atoms. The molecule has 9 aromatic carbocycles. The van der Waals surface area contributed by atoms with Crippen LogP contribution in [0.4, 0.5) is 0 Å². The van der Waals surface area contributed by atoms with Gasteiger partial charge in [0.1, 0.15) is 11.2 Å². The average molecular weight is 747 g/mol. The van der Waals surface area contributed by atoms with E-state index in [0.29, 0.717) is 34.3 Å². The number of furan rings is 1. The van der Waals surface area contributed by atoms with Crippen LogP contribution in [0.1, 0.15) is 8.22 Å². The Morgan fingerprint density at radius 2 is 1.03 bits per heavy atom. The summed E-state index contributed by atoms with van der Waals surface area (Å²) in [5.41, 5.74) is 5.32. The van der Waals surface area contributed by atoms with Crippen molar-refractivity contribution in [3.8, 4) is 51.0 Å². The van der Waals surface area contributed by atoms with Gasteiger partial charge < -0.3 is 8.98 Å². The number of rotatable bonds is 5. The van der Waals surface area contributed by atoms with Gasteiger partial charge in [0.05, 0.1) is 24.9 Å². The van der Waals surface area contributed by atoms with Crippen LogP contribution in [-0.4, -0.2) is 19.5 Å². The molecule has 0 fully saturated rings. The van der Waals surface area contributed by atoms with Crippen LogP contribution in [0.3, 0.4) is 0 Å². The summed E-state index contributed by atoms with van der Waals surface area (Å²) in [6, 6.07) is 50.1. The molecule has 0 aliphatic heterocycles. The van der Waals surface area contributed by atoms with Gasteiger partial charge in [0.15, 0.2) is 17.5 Å². The lowest BCUT2D eigenvalue weighted by molar-refractivity contribution is 0.670. The lowest BCUT2D eigenvalue weighted by Crippen LogP contribution is -2.05. The van der Waals surface area contributed by atoms with E-state index in [1.807, 2.05) is 109 Å². The molecule has 270 valence electrons. The van der Waals surface area contributed by atoms with E-state index >= 15 is 0 Å². The topological polar surface area (TPSA) is 56.7 Å². The third-order valence-electron chi connectivity index (χ3n) is 11.0. The van der Waals surface area contributed by atoms with E-state index in [4.69, 9.17) is 24.9 Å². The fourth-order valence-electron chi connectivity index (χ4n) is 8.46. The lowest BCUT2D eigenvalue weighted by atomic mass is 9.96. The van der Waals surface area contributed by atoms with Crippen molar-refractivity contribution >= 4 is 65.3 Å². The maximum absolute atomic E-state index is 9.59. The lowest BCUT2D eigenvalue weighted by Gasteiger charge is -2.19.